The standard InChI is InChI=1S/C72H141N2O6P/c1-6-8-10-12-14-16-18-20-22-24-26-28-30-31-32-33-34-35-36-37-38-39-40-41-42-43-44-46-48-50-52-54-56-58-60-62-64-66-72(76)73-70(69-80-81(77,78)79-68-67-74(3,4)5)71(75)65-63-61-59-57-55-53-51-49-47-45-29-27-25-23-21-19-17-15-13-11-9-7-2/h47,49,55,57,63,65,70-71,75H,6-46,48,50-54,56,58-62,64,66-69H2,1-5H3,(H-,73,76,77,78)/p+1/b49-47+,57-55+,65-63+. The van der Waals surface area contributed by atoms with E-state index in [1.807, 2.05) is 27.2 Å². The van der Waals surface area contributed by atoms with Gasteiger partial charge in [-0.2, -0.15) is 0 Å². The van der Waals surface area contributed by atoms with Crippen molar-refractivity contribution in [3.63, 3.8) is 0 Å². The number of hydrogen-bond donors (Lipinski definition) is 3. The number of phosphoric acid groups is 1. The number of aliphatic hydroxyl groups excluding tert-OH is 1. The van der Waals surface area contributed by atoms with Gasteiger partial charge in [0.15, 0.2) is 0 Å². The molecule has 480 valence electrons. The number of nitrogens with one attached hydrogen (secondary N) is 1. The number of amides is 1. The van der Waals surface area contributed by atoms with Crippen molar-refractivity contribution >= 4 is 13.7 Å². The van der Waals surface area contributed by atoms with Gasteiger partial charge in [0.25, 0.3) is 0 Å². The van der Waals surface area contributed by atoms with E-state index in [2.05, 4.69) is 43.5 Å². The van der Waals surface area contributed by atoms with Crippen LogP contribution in [0.1, 0.15) is 367 Å². The molecule has 0 aliphatic heterocycles. The highest BCUT2D eigenvalue weighted by Crippen LogP contribution is 2.43. The number of phosphoric ester groups is 1. The Morgan fingerprint density at radius 1 is 0.407 bits per heavy atom. The van der Waals surface area contributed by atoms with Crippen LogP contribution in [0.25, 0.3) is 0 Å². The van der Waals surface area contributed by atoms with Gasteiger partial charge in [-0.25, -0.2) is 4.57 Å². The third-order valence-corrected chi connectivity index (χ3v) is 17.6. The van der Waals surface area contributed by atoms with E-state index in [0.29, 0.717) is 17.4 Å². The summed E-state index contributed by atoms with van der Waals surface area (Å²) in [4.78, 5) is 23.4. The van der Waals surface area contributed by atoms with Gasteiger partial charge < -0.3 is 19.8 Å². The molecule has 0 heterocycles. The summed E-state index contributed by atoms with van der Waals surface area (Å²) in [7, 11) is 1.56. The number of allylic oxidation sites excluding steroid dienone is 5. The predicted molar refractivity (Wildman–Crippen MR) is 355 cm³/mol. The summed E-state index contributed by atoms with van der Waals surface area (Å²) in [6.45, 7) is 4.84. The van der Waals surface area contributed by atoms with Gasteiger partial charge in [0, 0.05) is 6.42 Å². The summed E-state index contributed by atoms with van der Waals surface area (Å²) >= 11 is 0. The molecule has 0 saturated carbocycles. The van der Waals surface area contributed by atoms with Gasteiger partial charge in [0.05, 0.1) is 39.9 Å². The number of carbonyl (C=O) groups is 1. The fourth-order valence-corrected chi connectivity index (χ4v) is 11.8. The zero-order valence-electron chi connectivity index (χ0n) is 55.1. The van der Waals surface area contributed by atoms with E-state index in [-0.39, 0.29) is 19.1 Å². The molecule has 0 bridgehead atoms. The monoisotopic (exact) mass is 1160 g/mol. The van der Waals surface area contributed by atoms with Crippen LogP contribution < -0.4 is 5.32 Å². The highest BCUT2D eigenvalue weighted by atomic mass is 31.2. The molecule has 1 amide bonds. The van der Waals surface area contributed by atoms with E-state index in [1.165, 1.54) is 302 Å². The quantitative estimate of drug-likeness (QED) is 0.0243. The minimum absolute atomic E-state index is 0.0554. The van der Waals surface area contributed by atoms with E-state index in [9.17, 15) is 19.4 Å². The van der Waals surface area contributed by atoms with Gasteiger partial charge in [0.2, 0.25) is 5.91 Å². The van der Waals surface area contributed by atoms with E-state index in [1.54, 1.807) is 6.08 Å². The lowest BCUT2D eigenvalue weighted by atomic mass is 10.0. The lowest BCUT2D eigenvalue weighted by molar-refractivity contribution is -0.870. The molecule has 81 heavy (non-hydrogen) atoms. The van der Waals surface area contributed by atoms with Gasteiger partial charge in [-0.3, -0.25) is 13.8 Å². The zero-order chi connectivity index (χ0) is 59.1. The first-order chi connectivity index (χ1) is 39.5. The van der Waals surface area contributed by atoms with Crippen LogP contribution in [-0.4, -0.2) is 73.4 Å². The van der Waals surface area contributed by atoms with Gasteiger partial charge in [-0.15, -0.1) is 0 Å². The first-order valence-corrected chi connectivity index (χ1v) is 37.4. The molecule has 9 heteroatoms. The number of aliphatic hydroxyl groups is 1. The SMILES string of the molecule is CCCCCCCCCCCCCC/C=C/CC/C=C/CC/C=C/C(O)C(COP(=O)(O)OCC[N+](C)(C)C)NC(=O)CCCCCCCCCCCCCCCCCCCCCCCCCCCCCCCCCCCCCCC. The highest BCUT2D eigenvalue weighted by molar-refractivity contribution is 7.47. The summed E-state index contributed by atoms with van der Waals surface area (Å²) in [5.41, 5.74) is 0. The highest BCUT2D eigenvalue weighted by Gasteiger charge is 2.28. The number of rotatable bonds is 67. The molecule has 0 spiro atoms. The van der Waals surface area contributed by atoms with E-state index >= 15 is 0 Å². The molecule has 0 fully saturated rings. The minimum Gasteiger partial charge on any atom is -0.387 e. The lowest BCUT2D eigenvalue weighted by Gasteiger charge is -2.25. The topological polar surface area (TPSA) is 105 Å². The number of carbonyl (C=O) groups excluding carboxylic acids is 1. The van der Waals surface area contributed by atoms with Crippen LogP contribution in [0.2, 0.25) is 0 Å². The van der Waals surface area contributed by atoms with Crippen molar-refractivity contribution in [1.82, 2.24) is 5.32 Å². The Bertz CT molecular complexity index is 1410. The second-order valence-electron chi connectivity index (χ2n) is 26.0. The van der Waals surface area contributed by atoms with Crippen LogP contribution in [0.5, 0.6) is 0 Å². The largest absolute Gasteiger partial charge is 0.472 e. The molecule has 0 saturated heterocycles. The zero-order valence-corrected chi connectivity index (χ0v) is 55.9. The lowest BCUT2D eigenvalue weighted by Crippen LogP contribution is -2.45. The van der Waals surface area contributed by atoms with Crippen molar-refractivity contribution in [3.8, 4) is 0 Å². The van der Waals surface area contributed by atoms with Gasteiger partial charge in [-0.1, -0.05) is 352 Å². The third-order valence-electron chi connectivity index (χ3n) is 16.6. The van der Waals surface area contributed by atoms with Crippen molar-refractivity contribution in [1.29, 1.82) is 0 Å². The molecule has 0 aromatic heterocycles. The Morgan fingerprint density at radius 3 is 0.988 bits per heavy atom. The van der Waals surface area contributed by atoms with Crippen LogP contribution in [0.4, 0.5) is 0 Å². The molecule has 0 aromatic carbocycles. The minimum atomic E-state index is -4.36. The van der Waals surface area contributed by atoms with Crippen LogP contribution in [0.15, 0.2) is 36.5 Å². The first kappa shape index (κ1) is 79.7. The molecular formula is C72H142N2O6P+. The number of nitrogens with zero attached hydrogens (tertiary/aromatic N) is 1. The maximum Gasteiger partial charge on any atom is 0.472 e. The van der Waals surface area contributed by atoms with Crippen molar-refractivity contribution in [2.45, 2.75) is 379 Å². The number of hydrogen-bond acceptors (Lipinski definition) is 5. The van der Waals surface area contributed by atoms with Crippen LogP contribution >= 0.6 is 7.82 Å². The first-order valence-electron chi connectivity index (χ1n) is 35.9. The Kier molecular flexibility index (Phi) is 62.2. The molecule has 0 aromatic rings. The average molecular weight is 1160 g/mol. The summed E-state index contributed by atoms with van der Waals surface area (Å²) in [6, 6.07) is -0.869. The van der Waals surface area contributed by atoms with Crippen LogP contribution in [0, 0.1) is 0 Å². The van der Waals surface area contributed by atoms with E-state index in [0.717, 1.165) is 44.9 Å². The Morgan fingerprint density at radius 2 is 0.679 bits per heavy atom. The Balaban J connectivity index is 3.99. The van der Waals surface area contributed by atoms with Crippen LogP contribution in [-0.2, 0) is 18.4 Å². The average Bonchev–Trinajstić information content (AvgIpc) is 3.43. The summed E-state index contributed by atoms with van der Waals surface area (Å²) < 4.78 is 23.8. The smallest absolute Gasteiger partial charge is 0.387 e. The van der Waals surface area contributed by atoms with E-state index < -0.39 is 20.0 Å². The molecule has 0 rings (SSSR count). The maximum absolute atomic E-state index is 13.0. The van der Waals surface area contributed by atoms with Crippen molar-refractivity contribution < 1.29 is 32.9 Å². The normalized spacial score (nSPS) is 13.8. The molecule has 3 N–H and O–H groups in total. The van der Waals surface area contributed by atoms with Gasteiger partial charge >= 0.3 is 7.82 Å². The van der Waals surface area contributed by atoms with Crippen LogP contribution in [0.3, 0.4) is 0 Å². The third kappa shape index (κ3) is 66.1. The van der Waals surface area contributed by atoms with Crippen molar-refractivity contribution in [3.05, 3.63) is 36.5 Å². The van der Waals surface area contributed by atoms with E-state index in [4.69, 9.17) is 9.05 Å². The fourth-order valence-electron chi connectivity index (χ4n) is 11.0. The molecular weight excluding hydrogens is 1020 g/mol. The summed E-state index contributed by atoms with van der Waals surface area (Å²) in [5, 5.41) is 14.0. The maximum atomic E-state index is 13.0. The van der Waals surface area contributed by atoms with Crippen molar-refractivity contribution in [2.24, 2.45) is 0 Å². The summed E-state index contributed by atoms with van der Waals surface area (Å²) in [5.74, 6) is -0.183. The number of likely N-dealkylation sites (N-methyl/N-ethyl adjacent to an activating group) is 1. The molecule has 0 aliphatic rings. The molecule has 0 radical (unpaired) electrons. The Hall–Kier alpha value is -1.28. The summed E-state index contributed by atoms with van der Waals surface area (Å²) in [6.07, 6.45) is 84.6. The van der Waals surface area contributed by atoms with Crippen molar-refractivity contribution in [2.75, 3.05) is 40.9 Å². The fraction of sp³-hybridized carbons (Fsp3) is 0.903. The number of unbranched alkanes of at least 4 members (excludes halogenated alkanes) is 50. The number of quaternary nitrogens is 1. The predicted octanol–water partition coefficient (Wildman–Crippen LogP) is 22.8. The second-order valence-corrected chi connectivity index (χ2v) is 27.4. The molecule has 8 nitrogen and oxygen atoms in total. The van der Waals surface area contributed by atoms with Gasteiger partial charge in [-0.05, 0) is 44.9 Å². The second kappa shape index (κ2) is 63.2. The van der Waals surface area contributed by atoms with Gasteiger partial charge in [0.1, 0.15) is 13.2 Å². The Labute approximate surface area is 506 Å². The molecule has 0 aliphatic carbocycles. The molecule has 3 atom stereocenters. The molecule has 3 unspecified atom stereocenters.